The maximum absolute atomic E-state index is 13.5. The molecule has 0 fully saturated rings. The molecule has 1 aromatic carbocycles. The van der Waals surface area contributed by atoms with Gasteiger partial charge in [0.05, 0.1) is 5.75 Å². The van der Waals surface area contributed by atoms with Crippen LogP contribution in [0.15, 0.2) is 53.8 Å². The Bertz CT molecular complexity index is 787. The summed E-state index contributed by atoms with van der Waals surface area (Å²) in [6, 6.07) is 11.9. The summed E-state index contributed by atoms with van der Waals surface area (Å²) in [5, 5.41) is 8.72. The number of nitrogens with zero attached hydrogens (tertiary/aromatic N) is 3. The van der Waals surface area contributed by atoms with E-state index in [9.17, 15) is 9.18 Å². The number of thioether (sulfide) groups is 1. The molecule has 0 radical (unpaired) electrons. The maximum Gasteiger partial charge on any atom is 0.196 e. The van der Waals surface area contributed by atoms with Crippen LogP contribution in [0.2, 0.25) is 0 Å². The van der Waals surface area contributed by atoms with Crippen molar-refractivity contribution in [3.05, 3.63) is 60.0 Å². The largest absolute Gasteiger partial charge is 0.298 e. The number of carbonyl (C=O) groups excluding carboxylic acids is 1. The van der Waals surface area contributed by atoms with E-state index < -0.39 is 0 Å². The second-order valence-electron chi connectivity index (χ2n) is 4.51. The van der Waals surface area contributed by atoms with E-state index in [0.29, 0.717) is 10.7 Å². The Hall–Kier alpha value is -2.21. The van der Waals surface area contributed by atoms with Gasteiger partial charge in [0, 0.05) is 12.6 Å². The van der Waals surface area contributed by atoms with Gasteiger partial charge in [-0.1, -0.05) is 36.0 Å². The zero-order chi connectivity index (χ0) is 14.7. The highest BCUT2D eigenvalue weighted by atomic mass is 32.2. The number of halogens is 1. The molecule has 0 saturated heterocycles. The van der Waals surface area contributed by atoms with E-state index in [1.165, 1.54) is 17.8 Å². The van der Waals surface area contributed by atoms with Gasteiger partial charge in [-0.2, -0.15) is 0 Å². The molecule has 0 saturated carbocycles. The van der Waals surface area contributed by atoms with Crippen molar-refractivity contribution in [1.82, 2.24) is 14.6 Å². The summed E-state index contributed by atoms with van der Waals surface area (Å²) < 4.78 is 15.3. The molecule has 0 spiro atoms. The Kier molecular flexibility index (Phi) is 3.96. The molecule has 0 N–H and O–H groups in total. The molecular weight excluding hydrogens is 289 g/mol. The standard InChI is InChI=1S/C15H12FN3OS/c16-13-6-2-1-5-11(13)9-12(20)10-21-15-18-17-14-7-3-4-8-19(14)15/h1-8H,9-10H2. The number of rotatable bonds is 5. The van der Waals surface area contributed by atoms with Crippen molar-refractivity contribution in [1.29, 1.82) is 0 Å². The van der Waals surface area contributed by atoms with Gasteiger partial charge < -0.3 is 0 Å². The molecule has 0 amide bonds. The van der Waals surface area contributed by atoms with Crippen LogP contribution in [0, 0.1) is 5.82 Å². The van der Waals surface area contributed by atoms with Gasteiger partial charge in [-0.15, -0.1) is 10.2 Å². The first-order valence-electron chi connectivity index (χ1n) is 6.42. The molecule has 3 aromatic rings. The van der Waals surface area contributed by atoms with E-state index in [0.717, 1.165) is 5.65 Å². The van der Waals surface area contributed by atoms with E-state index >= 15 is 0 Å². The molecule has 6 heteroatoms. The summed E-state index contributed by atoms with van der Waals surface area (Å²) in [5.74, 6) is -0.147. The molecule has 0 aliphatic rings. The smallest absolute Gasteiger partial charge is 0.196 e. The molecule has 2 aromatic heterocycles. The zero-order valence-electron chi connectivity index (χ0n) is 11.1. The van der Waals surface area contributed by atoms with Crippen molar-refractivity contribution in [3.63, 3.8) is 0 Å². The molecule has 0 atom stereocenters. The molecule has 0 unspecified atom stereocenters. The lowest BCUT2D eigenvalue weighted by molar-refractivity contribution is -0.116. The summed E-state index contributed by atoms with van der Waals surface area (Å²) in [4.78, 5) is 12.0. The van der Waals surface area contributed by atoms with Gasteiger partial charge >= 0.3 is 0 Å². The van der Waals surface area contributed by atoms with Crippen LogP contribution in [-0.2, 0) is 11.2 Å². The predicted octanol–water partition coefficient (Wildman–Crippen LogP) is 2.77. The lowest BCUT2D eigenvalue weighted by atomic mass is 10.1. The van der Waals surface area contributed by atoms with E-state index in [4.69, 9.17) is 0 Å². The van der Waals surface area contributed by atoms with Gasteiger partial charge in [-0.3, -0.25) is 9.20 Å². The first-order valence-corrected chi connectivity index (χ1v) is 7.40. The number of fused-ring (bicyclic) bond motifs is 1. The van der Waals surface area contributed by atoms with Crippen LogP contribution in [0.25, 0.3) is 5.65 Å². The third kappa shape index (κ3) is 3.11. The number of hydrogen-bond acceptors (Lipinski definition) is 4. The van der Waals surface area contributed by atoms with Crippen LogP contribution < -0.4 is 0 Å². The summed E-state index contributed by atoms with van der Waals surface area (Å²) in [7, 11) is 0. The van der Waals surface area contributed by atoms with Crippen molar-refractivity contribution >= 4 is 23.2 Å². The van der Waals surface area contributed by atoms with Crippen molar-refractivity contribution < 1.29 is 9.18 Å². The predicted molar refractivity (Wildman–Crippen MR) is 78.8 cm³/mol. The highest BCUT2D eigenvalue weighted by molar-refractivity contribution is 7.99. The van der Waals surface area contributed by atoms with Gasteiger partial charge in [0.1, 0.15) is 11.6 Å². The molecule has 0 aliphatic carbocycles. The Labute approximate surface area is 125 Å². The fraction of sp³-hybridized carbons (Fsp3) is 0.133. The minimum absolute atomic E-state index is 0.0437. The van der Waals surface area contributed by atoms with E-state index in [-0.39, 0.29) is 23.8 Å². The van der Waals surface area contributed by atoms with Crippen molar-refractivity contribution in [2.75, 3.05) is 5.75 Å². The Morgan fingerprint density at radius 1 is 1.14 bits per heavy atom. The van der Waals surface area contributed by atoms with E-state index in [1.54, 1.807) is 18.2 Å². The van der Waals surface area contributed by atoms with Crippen LogP contribution >= 0.6 is 11.8 Å². The fourth-order valence-electron chi connectivity index (χ4n) is 1.97. The first kappa shape index (κ1) is 13.8. The number of hydrogen-bond donors (Lipinski definition) is 0. The van der Waals surface area contributed by atoms with Crippen LogP contribution in [0.1, 0.15) is 5.56 Å². The Morgan fingerprint density at radius 3 is 2.81 bits per heavy atom. The Morgan fingerprint density at radius 2 is 1.95 bits per heavy atom. The van der Waals surface area contributed by atoms with Crippen LogP contribution in [0.5, 0.6) is 0 Å². The molecular formula is C15H12FN3OS. The number of Topliss-reactive ketones (excluding diaryl/α,β-unsaturated/α-hetero) is 1. The number of aromatic nitrogens is 3. The first-order chi connectivity index (χ1) is 10.2. The van der Waals surface area contributed by atoms with Crippen LogP contribution in [0.3, 0.4) is 0 Å². The molecule has 3 rings (SSSR count). The summed E-state index contributed by atoms with van der Waals surface area (Å²) in [5.41, 5.74) is 1.16. The summed E-state index contributed by atoms with van der Waals surface area (Å²) in [6.07, 6.45) is 1.94. The van der Waals surface area contributed by atoms with E-state index in [2.05, 4.69) is 10.2 Å². The van der Waals surface area contributed by atoms with Gasteiger partial charge in [0.2, 0.25) is 0 Å². The van der Waals surface area contributed by atoms with Gasteiger partial charge in [-0.25, -0.2) is 4.39 Å². The molecule has 106 valence electrons. The number of benzene rings is 1. The van der Waals surface area contributed by atoms with Gasteiger partial charge in [0.25, 0.3) is 0 Å². The second kappa shape index (κ2) is 6.05. The number of pyridine rings is 1. The maximum atomic E-state index is 13.5. The van der Waals surface area contributed by atoms with Crippen molar-refractivity contribution in [3.8, 4) is 0 Å². The average molecular weight is 301 g/mol. The van der Waals surface area contributed by atoms with E-state index in [1.807, 2.05) is 28.8 Å². The highest BCUT2D eigenvalue weighted by Gasteiger charge is 2.11. The third-order valence-corrected chi connectivity index (χ3v) is 3.99. The molecule has 0 bridgehead atoms. The highest BCUT2D eigenvalue weighted by Crippen LogP contribution is 2.17. The number of carbonyl (C=O) groups is 1. The van der Waals surface area contributed by atoms with Crippen LogP contribution in [0.4, 0.5) is 4.39 Å². The number of ketones is 1. The topological polar surface area (TPSA) is 47.3 Å². The second-order valence-corrected chi connectivity index (χ2v) is 5.45. The van der Waals surface area contributed by atoms with Crippen molar-refractivity contribution in [2.45, 2.75) is 11.6 Å². The molecule has 4 nitrogen and oxygen atoms in total. The quantitative estimate of drug-likeness (QED) is 0.680. The normalized spacial score (nSPS) is 10.9. The SMILES string of the molecule is O=C(CSc1nnc2ccccn12)Cc1ccccc1F. The zero-order valence-corrected chi connectivity index (χ0v) is 11.9. The lowest BCUT2D eigenvalue weighted by Crippen LogP contribution is -2.07. The average Bonchev–Trinajstić information content (AvgIpc) is 2.91. The van der Waals surface area contributed by atoms with Crippen LogP contribution in [-0.4, -0.2) is 26.1 Å². The lowest BCUT2D eigenvalue weighted by Gasteiger charge is -2.02. The minimum Gasteiger partial charge on any atom is -0.298 e. The Balaban J connectivity index is 1.65. The third-order valence-electron chi connectivity index (χ3n) is 2.99. The van der Waals surface area contributed by atoms with Gasteiger partial charge in [0.15, 0.2) is 10.8 Å². The minimum atomic E-state index is -0.344. The molecule has 21 heavy (non-hydrogen) atoms. The molecule has 0 aliphatic heterocycles. The monoisotopic (exact) mass is 301 g/mol. The summed E-state index contributed by atoms with van der Waals surface area (Å²) in [6.45, 7) is 0. The molecule has 2 heterocycles. The summed E-state index contributed by atoms with van der Waals surface area (Å²) >= 11 is 1.31. The fourth-order valence-corrected chi connectivity index (χ4v) is 2.75. The van der Waals surface area contributed by atoms with Crippen molar-refractivity contribution in [2.24, 2.45) is 0 Å². The van der Waals surface area contributed by atoms with Gasteiger partial charge in [-0.05, 0) is 23.8 Å².